The predicted molar refractivity (Wildman–Crippen MR) is 140 cm³/mol. The van der Waals surface area contributed by atoms with E-state index in [1.165, 1.54) is 23.9 Å². The molecule has 0 aliphatic carbocycles. The van der Waals surface area contributed by atoms with E-state index in [2.05, 4.69) is 5.32 Å². The van der Waals surface area contributed by atoms with E-state index in [4.69, 9.17) is 13.7 Å². The summed E-state index contributed by atoms with van der Waals surface area (Å²) in [5, 5.41) is 2.18. The van der Waals surface area contributed by atoms with Crippen LogP contribution in [0.2, 0.25) is 0 Å². The summed E-state index contributed by atoms with van der Waals surface area (Å²) >= 11 is 1.35. The van der Waals surface area contributed by atoms with Crippen molar-refractivity contribution in [2.75, 3.05) is 38.8 Å². The fraction of sp³-hybridized carbons (Fsp3) is 0.385. The van der Waals surface area contributed by atoms with Gasteiger partial charge >= 0.3 is 0 Å². The minimum atomic E-state index is -3.83. The topological polar surface area (TPSA) is 145 Å². The van der Waals surface area contributed by atoms with Gasteiger partial charge in [-0.05, 0) is 37.6 Å². The first-order valence-corrected chi connectivity index (χ1v) is 14.7. The highest BCUT2D eigenvalue weighted by molar-refractivity contribution is 7.99. The van der Waals surface area contributed by atoms with Crippen LogP contribution in [0.1, 0.15) is 39.1 Å². The first kappa shape index (κ1) is 28.9. The van der Waals surface area contributed by atoms with Gasteiger partial charge in [0.25, 0.3) is 21.9 Å². The van der Waals surface area contributed by atoms with Crippen LogP contribution >= 0.6 is 11.8 Å². The summed E-state index contributed by atoms with van der Waals surface area (Å²) in [4.78, 5) is 51.3. The van der Waals surface area contributed by atoms with Crippen LogP contribution in [0.5, 0.6) is 0 Å². The van der Waals surface area contributed by atoms with Gasteiger partial charge in [0.05, 0.1) is 49.1 Å². The van der Waals surface area contributed by atoms with E-state index in [9.17, 15) is 27.6 Å². The number of nitrogens with one attached hydrogen (secondary N) is 1. The normalized spacial score (nSPS) is 17.5. The number of piperidine rings is 1. The van der Waals surface area contributed by atoms with Crippen LogP contribution in [0.25, 0.3) is 0 Å². The molecule has 1 atom stereocenters. The highest BCUT2D eigenvalue weighted by Gasteiger charge is 2.45. The summed E-state index contributed by atoms with van der Waals surface area (Å²) in [6.07, 6.45) is 0.162. The lowest BCUT2D eigenvalue weighted by molar-refractivity contribution is -0.136. The summed E-state index contributed by atoms with van der Waals surface area (Å²) in [5.74, 6) is -1.67. The highest BCUT2D eigenvalue weighted by atomic mass is 32.2. The number of aryl methyl sites for hydroxylation is 1. The van der Waals surface area contributed by atoms with Gasteiger partial charge in [-0.25, -0.2) is 0 Å². The molecule has 2 aromatic carbocycles. The Morgan fingerprint density at radius 1 is 0.923 bits per heavy atom. The van der Waals surface area contributed by atoms with E-state index in [1.807, 2.05) is 6.92 Å². The molecule has 1 fully saturated rings. The van der Waals surface area contributed by atoms with Gasteiger partial charge in [0.1, 0.15) is 6.04 Å². The second-order valence-electron chi connectivity index (χ2n) is 8.79. The van der Waals surface area contributed by atoms with Gasteiger partial charge < -0.3 is 9.47 Å². The van der Waals surface area contributed by atoms with Crippen molar-refractivity contribution in [3.63, 3.8) is 0 Å². The molecule has 2 aliphatic heterocycles. The molecule has 11 nitrogen and oxygen atoms in total. The van der Waals surface area contributed by atoms with Gasteiger partial charge in [-0.15, -0.1) is 11.8 Å². The first-order chi connectivity index (χ1) is 18.7. The van der Waals surface area contributed by atoms with Crippen molar-refractivity contribution in [3.05, 3.63) is 59.2 Å². The monoisotopic (exact) mass is 576 g/mol. The summed E-state index contributed by atoms with van der Waals surface area (Å²) in [6.45, 7) is 2.69. The molecule has 1 N–H and O–H groups in total. The Labute approximate surface area is 230 Å². The Morgan fingerprint density at radius 3 is 2.33 bits per heavy atom. The van der Waals surface area contributed by atoms with Crippen molar-refractivity contribution in [2.45, 2.75) is 35.6 Å². The summed E-state index contributed by atoms with van der Waals surface area (Å²) in [6, 6.07) is 10.3. The van der Waals surface area contributed by atoms with Gasteiger partial charge in [-0.1, -0.05) is 23.8 Å². The van der Waals surface area contributed by atoms with Crippen molar-refractivity contribution in [1.29, 1.82) is 0 Å². The Bertz CT molecular complexity index is 1360. The third-order valence-corrected chi connectivity index (χ3v) is 8.41. The molecule has 0 spiro atoms. The van der Waals surface area contributed by atoms with Crippen molar-refractivity contribution >= 4 is 45.5 Å². The SMILES string of the molecule is Cc1ccc(S(=O)(=O)OCCOCCOCCSc2cccc3c2C(=O)N(C2CCC(=O)NC2=O)C3=O)cc1. The Balaban J connectivity index is 1.16. The summed E-state index contributed by atoms with van der Waals surface area (Å²) in [5.41, 5.74) is 1.43. The number of imide groups is 2. The van der Waals surface area contributed by atoms with Gasteiger partial charge in [0, 0.05) is 17.1 Å². The lowest BCUT2D eigenvalue weighted by Gasteiger charge is -2.27. The first-order valence-electron chi connectivity index (χ1n) is 12.3. The molecule has 2 aromatic rings. The molecule has 1 unspecified atom stereocenters. The second kappa shape index (κ2) is 12.8. The van der Waals surface area contributed by atoms with Crippen LogP contribution in [0.15, 0.2) is 52.3 Å². The van der Waals surface area contributed by atoms with Crippen LogP contribution in [-0.2, 0) is 33.4 Å². The zero-order valence-electron chi connectivity index (χ0n) is 21.2. The van der Waals surface area contributed by atoms with Crippen LogP contribution in [0, 0.1) is 6.92 Å². The molecule has 0 bridgehead atoms. The Morgan fingerprint density at radius 2 is 1.62 bits per heavy atom. The van der Waals surface area contributed by atoms with Crippen molar-refractivity contribution in [3.8, 4) is 0 Å². The summed E-state index contributed by atoms with van der Waals surface area (Å²) in [7, 11) is -3.83. The fourth-order valence-corrected chi connectivity index (χ4v) is 5.94. The largest absolute Gasteiger partial charge is 0.378 e. The third-order valence-electron chi connectivity index (χ3n) is 6.06. The third kappa shape index (κ3) is 6.92. The zero-order chi connectivity index (χ0) is 28.0. The number of amides is 4. The lowest BCUT2D eigenvalue weighted by atomic mass is 10.0. The lowest BCUT2D eigenvalue weighted by Crippen LogP contribution is -2.54. The van der Waals surface area contributed by atoms with E-state index in [0.717, 1.165) is 10.5 Å². The van der Waals surface area contributed by atoms with E-state index >= 15 is 0 Å². The predicted octanol–water partition coefficient (Wildman–Crippen LogP) is 1.93. The van der Waals surface area contributed by atoms with Crippen LogP contribution < -0.4 is 5.32 Å². The molecule has 0 radical (unpaired) electrons. The summed E-state index contributed by atoms with van der Waals surface area (Å²) < 4.78 is 40.1. The van der Waals surface area contributed by atoms with E-state index in [1.54, 1.807) is 30.3 Å². The molecule has 2 aliphatic rings. The molecule has 13 heteroatoms. The van der Waals surface area contributed by atoms with Gasteiger partial charge in [0.2, 0.25) is 11.8 Å². The fourth-order valence-electron chi connectivity index (χ4n) is 4.11. The maximum Gasteiger partial charge on any atom is 0.297 e. The smallest absolute Gasteiger partial charge is 0.297 e. The molecular weight excluding hydrogens is 548 g/mol. The maximum atomic E-state index is 13.1. The van der Waals surface area contributed by atoms with Gasteiger partial charge in [0.15, 0.2) is 0 Å². The molecule has 1 saturated heterocycles. The molecule has 4 rings (SSSR count). The van der Waals surface area contributed by atoms with Gasteiger partial charge in [-0.2, -0.15) is 8.42 Å². The van der Waals surface area contributed by atoms with E-state index in [-0.39, 0.29) is 55.3 Å². The van der Waals surface area contributed by atoms with Gasteiger partial charge in [-0.3, -0.25) is 33.6 Å². The second-order valence-corrected chi connectivity index (χ2v) is 11.5. The number of benzene rings is 2. The molecule has 208 valence electrons. The Kier molecular flexibility index (Phi) is 9.51. The highest BCUT2D eigenvalue weighted by Crippen LogP contribution is 2.34. The number of carbonyl (C=O) groups excluding carboxylic acids is 4. The molecule has 39 heavy (non-hydrogen) atoms. The minimum Gasteiger partial charge on any atom is -0.378 e. The van der Waals surface area contributed by atoms with Crippen LogP contribution in [0.3, 0.4) is 0 Å². The average molecular weight is 577 g/mol. The Hall–Kier alpha value is -3.10. The number of fused-ring (bicyclic) bond motifs is 1. The number of hydrogen-bond acceptors (Lipinski definition) is 10. The standard InChI is InChI=1S/C26H28N2O9S2/c1-17-5-7-18(8-6-17)39(33,34)37-14-13-35-11-12-36-15-16-38-21-4-2-3-19-23(21)26(32)28(25(19)31)20-9-10-22(29)27-24(20)30/h2-8,20H,9-16H2,1H3,(H,27,29,30). The van der Waals surface area contributed by atoms with E-state index < -0.39 is 39.8 Å². The van der Waals surface area contributed by atoms with Crippen LogP contribution in [0.4, 0.5) is 0 Å². The maximum absolute atomic E-state index is 13.1. The zero-order valence-corrected chi connectivity index (χ0v) is 22.8. The van der Waals surface area contributed by atoms with Crippen molar-refractivity contribution < 1.29 is 41.3 Å². The number of ether oxygens (including phenoxy) is 2. The molecule has 0 aromatic heterocycles. The number of rotatable bonds is 13. The van der Waals surface area contributed by atoms with Crippen LogP contribution in [-0.4, -0.2) is 81.8 Å². The van der Waals surface area contributed by atoms with Crippen molar-refractivity contribution in [2.24, 2.45) is 0 Å². The number of thioether (sulfide) groups is 1. The number of nitrogens with zero attached hydrogens (tertiary/aromatic N) is 1. The molecule has 4 amide bonds. The average Bonchev–Trinajstić information content (AvgIpc) is 3.15. The molecular formula is C26H28N2O9S2. The van der Waals surface area contributed by atoms with E-state index in [0.29, 0.717) is 17.3 Å². The molecule has 2 heterocycles. The molecule has 0 saturated carbocycles. The number of carbonyl (C=O) groups is 4. The number of hydrogen-bond donors (Lipinski definition) is 1. The quantitative estimate of drug-likeness (QED) is 0.162. The van der Waals surface area contributed by atoms with Crippen molar-refractivity contribution in [1.82, 2.24) is 10.2 Å². The minimum absolute atomic E-state index is 0.0615.